The van der Waals surface area contributed by atoms with Gasteiger partial charge in [-0.2, -0.15) is 0 Å². The van der Waals surface area contributed by atoms with Gasteiger partial charge in [-0.05, 0) is 6.92 Å². The van der Waals surface area contributed by atoms with Gasteiger partial charge in [-0.3, -0.25) is 0 Å². The van der Waals surface area contributed by atoms with Crippen molar-refractivity contribution in [2.45, 2.75) is 6.92 Å². The Bertz CT molecular complexity index is 111. The van der Waals surface area contributed by atoms with E-state index in [1.807, 2.05) is 0 Å². The number of hydrogen-bond acceptors (Lipinski definition) is 2. The molecule has 0 fully saturated rings. The van der Waals surface area contributed by atoms with Gasteiger partial charge in [0.15, 0.2) is 0 Å². The van der Waals surface area contributed by atoms with Crippen molar-refractivity contribution in [3.63, 3.8) is 0 Å². The van der Waals surface area contributed by atoms with E-state index in [0.717, 1.165) is 0 Å². The molecule has 48 valence electrons. The number of nitrogens with two attached hydrogens (primary N) is 1. The average molecular weight is 138 g/mol. The summed E-state index contributed by atoms with van der Waals surface area (Å²) in [5, 5.41) is 7.99. The summed E-state index contributed by atoms with van der Waals surface area (Å²) in [5.74, 6) is -1.07. The van der Waals surface area contributed by atoms with Crippen molar-refractivity contribution in [1.82, 2.24) is 0 Å². The van der Waals surface area contributed by atoms with Crippen molar-refractivity contribution in [2.75, 3.05) is 0 Å². The molecule has 3 nitrogen and oxygen atoms in total. The van der Waals surface area contributed by atoms with Crippen molar-refractivity contribution < 1.29 is 9.90 Å². The van der Waals surface area contributed by atoms with Crippen LogP contribution < -0.4 is 5.73 Å². The minimum Gasteiger partial charge on any atom is -0.477 e. The van der Waals surface area contributed by atoms with Crippen molar-refractivity contribution in [1.29, 1.82) is 0 Å². The maximum absolute atomic E-state index is 9.74. The Morgan fingerprint density at radius 1 is 1.75 bits per heavy atom. The zero-order valence-corrected chi connectivity index (χ0v) is 5.23. The number of allylic oxidation sites excluding steroid dienone is 1. The highest BCUT2D eigenvalue weighted by Gasteiger charge is 1.94. The molecule has 3 N–H and O–H groups in total. The summed E-state index contributed by atoms with van der Waals surface area (Å²) in [7, 11) is 0. The Balaban J connectivity index is 0. The highest BCUT2D eigenvalue weighted by atomic mass is 35.5. The van der Waals surface area contributed by atoms with E-state index >= 15 is 0 Å². The van der Waals surface area contributed by atoms with Crippen LogP contribution in [0.3, 0.4) is 0 Å². The van der Waals surface area contributed by atoms with Crippen molar-refractivity contribution in [3.8, 4) is 0 Å². The van der Waals surface area contributed by atoms with Gasteiger partial charge >= 0.3 is 5.97 Å². The maximum Gasteiger partial charge on any atom is 0.351 e. The van der Waals surface area contributed by atoms with Crippen LogP contribution in [0.4, 0.5) is 0 Å². The summed E-state index contributed by atoms with van der Waals surface area (Å²) < 4.78 is 0. The predicted molar refractivity (Wildman–Crippen MR) is 32.8 cm³/mol. The van der Waals surface area contributed by atoms with Gasteiger partial charge in [0.2, 0.25) is 0 Å². The molecule has 0 aromatic heterocycles. The summed E-state index contributed by atoms with van der Waals surface area (Å²) in [5.41, 5.74) is 4.77. The van der Waals surface area contributed by atoms with Gasteiger partial charge in [0.1, 0.15) is 5.70 Å². The van der Waals surface area contributed by atoms with Crippen LogP contribution in [0.1, 0.15) is 6.92 Å². The third-order valence-electron chi connectivity index (χ3n) is 0.558. The number of carboxylic acid groups (broad SMARTS) is 1. The standard InChI is InChI=1S/C4H7NO2.ClH/c1-2-3(5)4(6)7;/h2H,5H2,1H3,(H,6,7);1H/b3-2-;. The third-order valence-corrected chi connectivity index (χ3v) is 0.558. The molecule has 0 heterocycles. The van der Waals surface area contributed by atoms with E-state index < -0.39 is 5.97 Å². The van der Waals surface area contributed by atoms with Crippen molar-refractivity contribution in [3.05, 3.63) is 11.8 Å². The Labute approximate surface area is 53.6 Å². The van der Waals surface area contributed by atoms with Crippen LogP contribution in [0, 0.1) is 0 Å². The molecule has 0 radical (unpaired) electrons. The molecular weight excluding hydrogens is 130 g/mol. The van der Waals surface area contributed by atoms with Crippen LogP contribution in [0.2, 0.25) is 0 Å². The number of rotatable bonds is 1. The quantitative estimate of drug-likeness (QED) is 0.513. The van der Waals surface area contributed by atoms with E-state index in [4.69, 9.17) is 10.8 Å². The van der Waals surface area contributed by atoms with Gasteiger partial charge < -0.3 is 10.8 Å². The highest BCUT2D eigenvalue weighted by molar-refractivity contribution is 5.85. The summed E-state index contributed by atoms with van der Waals surface area (Å²) in [6.07, 6.45) is 1.34. The van der Waals surface area contributed by atoms with Crippen molar-refractivity contribution >= 4 is 18.4 Å². The van der Waals surface area contributed by atoms with E-state index in [9.17, 15) is 4.79 Å². The normalized spacial score (nSPS) is 9.88. The number of carbonyl (C=O) groups is 1. The molecular formula is C4H8ClNO2. The van der Waals surface area contributed by atoms with E-state index in [1.54, 1.807) is 6.92 Å². The Morgan fingerprint density at radius 2 is 2.12 bits per heavy atom. The van der Waals surface area contributed by atoms with Gasteiger partial charge in [-0.15, -0.1) is 12.4 Å². The zero-order chi connectivity index (χ0) is 5.86. The summed E-state index contributed by atoms with van der Waals surface area (Å²) in [6, 6.07) is 0. The fourth-order valence-electron chi connectivity index (χ4n) is 0.123. The molecule has 0 aromatic rings. The molecule has 0 aliphatic heterocycles. The van der Waals surface area contributed by atoms with Crippen LogP contribution in [0.25, 0.3) is 0 Å². The highest BCUT2D eigenvalue weighted by Crippen LogP contribution is 1.78. The first-order valence-electron chi connectivity index (χ1n) is 1.83. The predicted octanol–water partition coefficient (Wildman–Crippen LogP) is 0.355. The average Bonchev–Trinajstić information content (AvgIpc) is 1.65. The van der Waals surface area contributed by atoms with Crippen molar-refractivity contribution in [2.24, 2.45) is 5.73 Å². The maximum atomic E-state index is 9.74. The van der Waals surface area contributed by atoms with Crippen LogP contribution in [-0.2, 0) is 4.79 Å². The van der Waals surface area contributed by atoms with Gasteiger partial charge in [0.25, 0.3) is 0 Å². The van der Waals surface area contributed by atoms with Gasteiger partial charge in [-0.1, -0.05) is 6.08 Å². The molecule has 8 heavy (non-hydrogen) atoms. The number of aliphatic carboxylic acids is 1. The summed E-state index contributed by atoms with van der Waals surface area (Å²) >= 11 is 0. The molecule has 0 unspecified atom stereocenters. The molecule has 0 bridgehead atoms. The fourth-order valence-corrected chi connectivity index (χ4v) is 0.123. The summed E-state index contributed by atoms with van der Waals surface area (Å²) in [6.45, 7) is 1.57. The molecule has 0 aromatic carbocycles. The zero-order valence-electron chi connectivity index (χ0n) is 4.42. The molecule has 0 spiro atoms. The second-order valence-electron chi connectivity index (χ2n) is 1.05. The second kappa shape index (κ2) is 4.46. The lowest BCUT2D eigenvalue weighted by Crippen LogP contribution is -2.08. The van der Waals surface area contributed by atoms with Gasteiger partial charge in [0.05, 0.1) is 0 Å². The minimum absolute atomic E-state index is 0. The second-order valence-corrected chi connectivity index (χ2v) is 1.05. The van der Waals surface area contributed by atoms with E-state index in [2.05, 4.69) is 0 Å². The molecule has 0 aliphatic carbocycles. The smallest absolute Gasteiger partial charge is 0.351 e. The van der Waals surface area contributed by atoms with Crippen LogP contribution in [-0.4, -0.2) is 11.1 Å². The SMILES string of the molecule is C/C=C(\N)C(=O)O.Cl. The third kappa shape index (κ3) is 3.49. The molecule has 0 aliphatic rings. The summed E-state index contributed by atoms with van der Waals surface area (Å²) in [4.78, 5) is 9.74. The van der Waals surface area contributed by atoms with E-state index in [0.29, 0.717) is 0 Å². The lowest BCUT2D eigenvalue weighted by Gasteiger charge is -1.85. The monoisotopic (exact) mass is 137 g/mol. The minimum atomic E-state index is -1.07. The molecule has 0 saturated carbocycles. The molecule has 0 atom stereocenters. The number of hydrogen-bond donors (Lipinski definition) is 2. The topological polar surface area (TPSA) is 63.3 Å². The van der Waals surface area contributed by atoms with E-state index in [-0.39, 0.29) is 18.1 Å². The fraction of sp³-hybridized carbons (Fsp3) is 0.250. The van der Waals surface area contributed by atoms with Gasteiger partial charge in [-0.25, -0.2) is 4.79 Å². The largest absolute Gasteiger partial charge is 0.477 e. The lowest BCUT2D eigenvalue weighted by atomic mass is 10.4. The Kier molecular flexibility index (Phi) is 5.75. The van der Waals surface area contributed by atoms with E-state index in [1.165, 1.54) is 6.08 Å². The molecule has 0 amide bonds. The first-order valence-corrected chi connectivity index (χ1v) is 1.83. The molecule has 4 heteroatoms. The number of carboxylic acids is 1. The Hall–Kier alpha value is -0.700. The number of halogens is 1. The lowest BCUT2D eigenvalue weighted by molar-refractivity contribution is -0.132. The first-order chi connectivity index (χ1) is 3.18. The molecule has 0 saturated heterocycles. The van der Waals surface area contributed by atoms with Crippen LogP contribution in [0.15, 0.2) is 11.8 Å². The molecule has 0 rings (SSSR count). The Morgan fingerprint density at radius 3 is 2.12 bits per heavy atom. The van der Waals surface area contributed by atoms with Gasteiger partial charge in [0, 0.05) is 0 Å². The van der Waals surface area contributed by atoms with Crippen LogP contribution in [0.5, 0.6) is 0 Å². The van der Waals surface area contributed by atoms with Crippen LogP contribution >= 0.6 is 12.4 Å². The first kappa shape index (κ1) is 10.3.